The van der Waals surface area contributed by atoms with Crippen molar-refractivity contribution >= 4 is 11.8 Å². The van der Waals surface area contributed by atoms with Crippen molar-refractivity contribution in [1.82, 2.24) is 10.6 Å². The maximum Gasteiger partial charge on any atom is 0.220 e. The molecule has 1 unspecified atom stereocenters. The van der Waals surface area contributed by atoms with Crippen LogP contribution in [0, 0.1) is 5.82 Å². The number of halogens is 1. The zero-order valence-electron chi connectivity index (χ0n) is 13.4. The standard InChI is InChI=1S/C17H23FN2O3/c1-23-11-10-19-15(21)6-8-17(9-7-16(22)20-17)12-13-2-4-14(18)5-3-13/h2-5H,6-12H2,1H3,(H,19,21)(H,20,22). The zero-order chi connectivity index (χ0) is 16.7. The van der Waals surface area contributed by atoms with E-state index in [-0.39, 0.29) is 17.6 Å². The highest BCUT2D eigenvalue weighted by atomic mass is 19.1. The lowest BCUT2D eigenvalue weighted by Gasteiger charge is -2.29. The number of methoxy groups -OCH3 is 1. The summed E-state index contributed by atoms with van der Waals surface area (Å²) in [6.07, 6.45) is 2.66. The molecule has 0 bridgehead atoms. The van der Waals surface area contributed by atoms with Crippen LogP contribution in [0.1, 0.15) is 31.2 Å². The van der Waals surface area contributed by atoms with Crippen LogP contribution < -0.4 is 10.6 Å². The van der Waals surface area contributed by atoms with E-state index in [9.17, 15) is 14.0 Å². The number of carbonyl (C=O) groups excluding carboxylic acids is 2. The fraction of sp³-hybridized carbons (Fsp3) is 0.529. The van der Waals surface area contributed by atoms with Crippen molar-refractivity contribution < 1.29 is 18.7 Å². The summed E-state index contributed by atoms with van der Waals surface area (Å²) in [6, 6.07) is 6.27. The van der Waals surface area contributed by atoms with Gasteiger partial charge in [-0.2, -0.15) is 0 Å². The Bertz CT molecular complexity index is 547. The maximum atomic E-state index is 13.0. The van der Waals surface area contributed by atoms with Gasteiger partial charge in [0.15, 0.2) is 0 Å². The van der Waals surface area contributed by atoms with E-state index in [0.29, 0.717) is 45.3 Å². The Labute approximate surface area is 135 Å². The second-order valence-electron chi connectivity index (χ2n) is 5.97. The third kappa shape index (κ3) is 5.32. The predicted molar refractivity (Wildman–Crippen MR) is 84.3 cm³/mol. The van der Waals surface area contributed by atoms with Crippen molar-refractivity contribution in [1.29, 1.82) is 0 Å². The first-order chi connectivity index (χ1) is 11.0. The topological polar surface area (TPSA) is 67.4 Å². The van der Waals surface area contributed by atoms with Gasteiger partial charge in [-0.25, -0.2) is 4.39 Å². The lowest BCUT2D eigenvalue weighted by molar-refractivity contribution is -0.122. The molecule has 1 fully saturated rings. The van der Waals surface area contributed by atoms with Crippen molar-refractivity contribution in [3.63, 3.8) is 0 Å². The van der Waals surface area contributed by atoms with Gasteiger partial charge >= 0.3 is 0 Å². The van der Waals surface area contributed by atoms with Gasteiger partial charge in [0.2, 0.25) is 11.8 Å². The van der Waals surface area contributed by atoms with Gasteiger partial charge in [0.05, 0.1) is 6.61 Å². The molecule has 2 amide bonds. The number of hydrogen-bond donors (Lipinski definition) is 2. The predicted octanol–water partition coefficient (Wildman–Crippen LogP) is 1.56. The molecule has 1 aliphatic heterocycles. The first kappa shape index (κ1) is 17.4. The van der Waals surface area contributed by atoms with E-state index >= 15 is 0 Å². The third-order valence-corrected chi connectivity index (χ3v) is 4.15. The molecule has 6 heteroatoms. The van der Waals surface area contributed by atoms with Crippen LogP contribution in [0.4, 0.5) is 4.39 Å². The Hall–Kier alpha value is -1.95. The number of hydrogen-bond acceptors (Lipinski definition) is 3. The van der Waals surface area contributed by atoms with Crippen molar-refractivity contribution in [3.8, 4) is 0 Å². The SMILES string of the molecule is COCCNC(=O)CCC1(Cc2ccc(F)cc2)CCC(=O)N1. The highest BCUT2D eigenvalue weighted by molar-refractivity contribution is 5.80. The van der Waals surface area contributed by atoms with Gasteiger partial charge < -0.3 is 15.4 Å². The summed E-state index contributed by atoms with van der Waals surface area (Å²) in [6.45, 7) is 0.954. The average Bonchev–Trinajstić information content (AvgIpc) is 2.89. The molecule has 1 saturated heterocycles. The number of rotatable bonds is 8. The van der Waals surface area contributed by atoms with Crippen LogP contribution in [0.5, 0.6) is 0 Å². The minimum absolute atomic E-state index is 0.00639. The number of ether oxygens (including phenoxy) is 1. The lowest BCUT2D eigenvalue weighted by atomic mass is 9.85. The Morgan fingerprint density at radius 1 is 1.39 bits per heavy atom. The Kier molecular flexibility index (Phi) is 6.10. The number of carbonyl (C=O) groups is 2. The molecule has 5 nitrogen and oxygen atoms in total. The molecule has 23 heavy (non-hydrogen) atoms. The quantitative estimate of drug-likeness (QED) is 0.714. The maximum absolute atomic E-state index is 13.0. The van der Waals surface area contributed by atoms with Gasteiger partial charge in [0, 0.05) is 32.0 Å². The van der Waals surface area contributed by atoms with Crippen LogP contribution in [0.2, 0.25) is 0 Å². The van der Waals surface area contributed by atoms with Crippen molar-refractivity contribution in [3.05, 3.63) is 35.6 Å². The van der Waals surface area contributed by atoms with E-state index < -0.39 is 5.54 Å². The van der Waals surface area contributed by atoms with Crippen LogP contribution in [-0.2, 0) is 20.7 Å². The summed E-state index contributed by atoms with van der Waals surface area (Å²) in [4.78, 5) is 23.5. The Morgan fingerprint density at radius 2 is 2.13 bits per heavy atom. The summed E-state index contributed by atoms with van der Waals surface area (Å²) in [5.41, 5.74) is 0.529. The molecule has 1 aromatic carbocycles. The van der Waals surface area contributed by atoms with E-state index in [2.05, 4.69) is 10.6 Å². The molecule has 0 saturated carbocycles. The summed E-state index contributed by atoms with van der Waals surface area (Å²) >= 11 is 0. The van der Waals surface area contributed by atoms with Crippen molar-refractivity contribution in [2.45, 2.75) is 37.6 Å². The smallest absolute Gasteiger partial charge is 0.220 e. The molecule has 0 aromatic heterocycles. The minimum atomic E-state index is -0.423. The second-order valence-corrected chi connectivity index (χ2v) is 5.97. The monoisotopic (exact) mass is 322 g/mol. The molecular formula is C17H23FN2O3. The molecule has 0 spiro atoms. The van der Waals surface area contributed by atoms with E-state index in [1.54, 1.807) is 19.2 Å². The van der Waals surface area contributed by atoms with Crippen LogP contribution >= 0.6 is 0 Å². The first-order valence-electron chi connectivity index (χ1n) is 7.84. The molecule has 1 heterocycles. The number of amides is 2. The summed E-state index contributed by atoms with van der Waals surface area (Å²) < 4.78 is 17.9. The fourth-order valence-corrected chi connectivity index (χ4v) is 2.91. The van der Waals surface area contributed by atoms with Crippen LogP contribution in [-0.4, -0.2) is 37.6 Å². The largest absolute Gasteiger partial charge is 0.383 e. The van der Waals surface area contributed by atoms with Gasteiger partial charge in [0.25, 0.3) is 0 Å². The minimum Gasteiger partial charge on any atom is -0.383 e. The number of benzene rings is 1. The van der Waals surface area contributed by atoms with E-state index in [0.717, 1.165) is 5.56 Å². The molecule has 126 valence electrons. The molecule has 0 aliphatic carbocycles. The molecule has 1 atom stereocenters. The fourth-order valence-electron chi connectivity index (χ4n) is 2.91. The van der Waals surface area contributed by atoms with Gasteiger partial charge in [0.1, 0.15) is 5.82 Å². The normalized spacial score (nSPS) is 20.3. The molecular weight excluding hydrogens is 299 g/mol. The van der Waals surface area contributed by atoms with Crippen LogP contribution in [0.3, 0.4) is 0 Å². The van der Waals surface area contributed by atoms with Crippen molar-refractivity contribution in [2.24, 2.45) is 0 Å². The first-order valence-corrected chi connectivity index (χ1v) is 7.84. The Balaban J connectivity index is 1.95. The van der Waals surface area contributed by atoms with E-state index in [1.165, 1.54) is 12.1 Å². The van der Waals surface area contributed by atoms with Gasteiger partial charge in [-0.05, 0) is 37.0 Å². The summed E-state index contributed by atoms with van der Waals surface area (Å²) in [7, 11) is 1.58. The second kappa shape index (κ2) is 8.06. The van der Waals surface area contributed by atoms with Gasteiger partial charge in [-0.15, -0.1) is 0 Å². The molecule has 2 rings (SSSR count). The summed E-state index contributed by atoms with van der Waals surface area (Å²) in [5.74, 6) is -0.329. The number of nitrogens with one attached hydrogen (secondary N) is 2. The van der Waals surface area contributed by atoms with Crippen LogP contribution in [0.25, 0.3) is 0 Å². The molecule has 2 N–H and O–H groups in total. The molecule has 1 aromatic rings. The van der Waals surface area contributed by atoms with Crippen LogP contribution in [0.15, 0.2) is 24.3 Å². The highest BCUT2D eigenvalue weighted by Crippen LogP contribution is 2.29. The van der Waals surface area contributed by atoms with E-state index in [1.807, 2.05) is 0 Å². The van der Waals surface area contributed by atoms with E-state index in [4.69, 9.17) is 4.74 Å². The molecule has 0 radical (unpaired) electrons. The molecule has 1 aliphatic rings. The van der Waals surface area contributed by atoms with Gasteiger partial charge in [-0.1, -0.05) is 12.1 Å². The average molecular weight is 322 g/mol. The van der Waals surface area contributed by atoms with Crippen molar-refractivity contribution in [2.75, 3.05) is 20.3 Å². The lowest BCUT2D eigenvalue weighted by Crippen LogP contribution is -2.44. The van der Waals surface area contributed by atoms with Gasteiger partial charge in [-0.3, -0.25) is 9.59 Å². The Morgan fingerprint density at radius 3 is 2.74 bits per heavy atom. The highest BCUT2D eigenvalue weighted by Gasteiger charge is 2.37. The third-order valence-electron chi connectivity index (χ3n) is 4.15. The summed E-state index contributed by atoms with van der Waals surface area (Å²) in [5, 5.41) is 5.80. The zero-order valence-corrected chi connectivity index (χ0v) is 13.4.